The molecule has 1 aromatic rings. The third-order valence-electron chi connectivity index (χ3n) is 3.64. The van der Waals surface area contributed by atoms with Crippen LogP contribution in [0, 0.1) is 10.1 Å². The van der Waals surface area contributed by atoms with E-state index >= 15 is 0 Å². The van der Waals surface area contributed by atoms with Gasteiger partial charge in [-0.05, 0) is 31.9 Å². The molecule has 1 unspecified atom stereocenters. The molecule has 2 rings (SSSR count). The molecule has 0 aliphatic carbocycles. The number of ether oxygens (including phenoxy) is 1. The topological polar surface area (TPSA) is 116 Å². The first kappa shape index (κ1) is 16.7. The number of anilines is 1. The van der Waals surface area contributed by atoms with Crippen LogP contribution >= 0.6 is 0 Å². The van der Waals surface area contributed by atoms with Crippen LogP contribution < -0.4 is 10.0 Å². The number of rotatable bonds is 6. The minimum Gasteiger partial charge on any atom is -0.376 e. The van der Waals surface area contributed by atoms with Gasteiger partial charge in [-0.2, -0.15) is 0 Å². The van der Waals surface area contributed by atoms with Gasteiger partial charge in [0.2, 0.25) is 10.0 Å². The van der Waals surface area contributed by atoms with E-state index in [2.05, 4.69) is 0 Å². The fourth-order valence-electron chi connectivity index (χ4n) is 2.53. The molecule has 0 aromatic heterocycles. The zero-order valence-corrected chi connectivity index (χ0v) is 13.1. The Labute approximate surface area is 129 Å². The number of benzene rings is 1. The summed E-state index contributed by atoms with van der Waals surface area (Å²) in [5.41, 5.74) is 0.0989. The highest BCUT2D eigenvalue weighted by Gasteiger charge is 2.25. The molecule has 0 radical (unpaired) electrons. The lowest BCUT2D eigenvalue weighted by Gasteiger charge is -2.25. The van der Waals surface area contributed by atoms with E-state index in [0.29, 0.717) is 25.4 Å². The van der Waals surface area contributed by atoms with Gasteiger partial charge in [-0.3, -0.25) is 10.1 Å². The maximum Gasteiger partial charge on any atom is 0.293 e. The lowest BCUT2D eigenvalue weighted by Crippen LogP contribution is -2.32. The first-order chi connectivity index (χ1) is 10.3. The van der Waals surface area contributed by atoms with Crippen LogP contribution in [0.2, 0.25) is 0 Å². The second-order valence-electron chi connectivity index (χ2n) is 5.13. The summed E-state index contributed by atoms with van der Waals surface area (Å²) in [5, 5.41) is 16.3. The van der Waals surface area contributed by atoms with Gasteiger partial charge in [0.15, 0.2) is 0 Å². The monoisotopic (exact) mass is 329 g/mol. The average molecular weight is 329 g/mol. The van der Waals surface area contributed by atoms with Gasteiger partial charge in [0.05, 0.1) is 15.9 Å². The number of nitrogens with zero attached hydrogens (tertiary/aromatic N) is 2. The Kier molecular flexibility index (Phi) is 4.99. The molecule has 122 valence electrons. The maximum absolute atomic E-state index is 11.4. The zero-order valence-electron chi connectivity index (χ0n) is 12.3. The Morgan fingerprint density at radius 1 is 1.50 bits per heavy atom. The second-order valence-corrected chi connectivity index (χ2v) is 6.69. The molecule has 2 N–H and O–H groups in total. The van der Waals surface area contributed by atoms with Crippen molar-refractivity contribution in [3.05, 3.63) is 28.3 Å². The predicted octanol–water partition coefficient (Wildman–Crippen LogP) is 1.25. The third kappa shape index (κ3) is 3.73. The van der Waals surface area contributed by atoms with Gasteiger partial charge in [0.1, 0.15) is 5.69 Å². The minimum absolute atomic E-state index is 0.0393. The molecule has 1 aromatic carbocycles. The van der Waals surface area contributed by atoms with Crippen LogP contribution in [0.1, 0.15) is 19.8 Å². The average Bonchev–Trinajstić information content (AvgIpc) is 2.96. The van der Waals surface area contributed by atoms with Gasteiger partial charge >= 0.3 is 0 Å². The number of sulfonamides is 1. The molecule has 1 heterocycles. The summed E-state index contributed by atoms with van der Waals surface area (Å²) < 4.78 is 28.3. The number of likely N-dealkylation sites (N-methyl/N-ethyl adjacent to an activating group) is 1. The number of nitro groups is 1. The minimum atomic E-state index is -3.98. The standard InChI is InChI=1S/C13H19N3O5S/c1-2-15(9-10-4-3-7-21-10)12-6-5-11(22(14,19)20)8-13(12)16(17)18/h5-6,8,10H,2-4,7,9H2,1H3,(H2,14,19,20). The second kappa shape index (κ2) is 6.59. The van der Waals surface area contributed by atoms with Crippen molar-refractivity contribution in [2.45, 2.75) is 30.8 Å². The number of nitrogens with two attached hydrogens (primary N) is 1. The lowest BCUT2D eigenvalue weighted by molar-refractivity contribution is -0.384. The predicted molar refractivity (Wildman–Crippen MR) is 81.3 cm³/mol. The molecular formula is C13H19N3O5S. The molecule has 22 heavy (non-hydrogen) atoms. The summed E-state index contributed by atoms with van der Waals surface area (Å²) in [6, 6.07) is 3.72. The Bertz CT molecular complexity index is 656. The van der Waals surface area contributed by atoms with E-state index in [9.17, 15) is 18.5 Å². The van der Waals surface area contributed by atoms with Crippen LogP contribution in [0.4, 0.5) is 11.4 Å². The van der Waals surface area contributed by atoms with Gasteiger partial charge in [-0.15, -0.1) is 0 Å². The molecule has 1 fully saturated rings. The molecule has 0 amide bonds. The Morgan fingerprint density at radius 2 is 2.23 bits per heavy atom. The van der Waals surface area contributed by atoms with E-state index < -0.39 is 14.9 Å². The Morgan fingerprint density at radius 3 is 2.73 bits per heavy atom. The highest BCUT2D eigenvalue weighted by atomic mass is 32.2. The van der Waals surface area contributed by atoms with E-state index in [4.69, 9.17) is 9.88 Å². The lowest BCUT2D eigenvalue weighted by atomic mass is 10.2. The van der Waals surface area contributed by atoms with Gasteiger partial charge in [-0.25, -0.2) is 13.6 Å². The van der Waals surface area contributed by atoms with Gasteiger partial charge < -0.3 is 9.64 Å². The van der Waals surface area contributed by atoms with Crippen LogP contribution in [-0.2, 0) is 14.8 Å². The van der Waals surface area contributed by atoms with E-state index in [1.807, 2.05) is 11.8 Å². The van der Waals surface area contributed by atoms with Crippen molar-refractivity contribution in [2.24, 2.45) is 5.14 Å². The van der Waals surface area contributed by atoms with E-state index in [1.54, 1.807) is 0 Å². The van der Waals surface area contributed by atoms with Crippen molar-refractivity contribution < 1.29 is 18.1 Å². The third-order valence-corrected chi connectivity index (χ3v) is 4.55. The first-order valence-corrected chi connectivity index (χ1v) is 8.55. The SMILES string of the molecule is CCN(CC1CCCO1)c1ccc(S(N)(=O)=O)cc1[N+](=O)[O-]. The molecule has 0 spiro atoms. The molecule has 1 aliphatic heterocycles. The van der Waals surface area contributed by atoms with Crippen molar-refractivity contribution in [1.82, 2.24) is 0 Å². The largest absolute Gasteiger partial charge is 0.376 e. The quantitative estimate of drug-likeness (QED) is 0.620. The highest BCUT2D eigenvalue weighted by molar-refractivity contribution is 7.89. The van der Waals surface area contributed by atoms with Crippen molar-refractivity contribution in [2.75, 3.05) is 24.6 Å². The Balaban J connectivity index is 2.36. The van der Waals surface area contributed by atoms with Crippen LogP contribution in [0.3, 0.4) is 0 Å². The summed E-state index contributed by atoms with van der Waals surface area (Å²) in [4.78, 5) is 12.2. The summed E-state index contributed by atoms with van der Waals surface area (Å²) in [6.07, 6.45) is 1.94. The van der Waals surface area contributed by atoms with Crippen LogP contribution in [0.15, 0.2) is 23.1 Å². The first-order valence-electron chi connectivity index (χ1n) is 7.00. The smallest absolute Gasteiger partial charge is 0.293 e. The number of nitro benzene ring substituents is 1. The molecule has 1 atom stereocenters. The molecule has 9 heteroatoms. The highest BCUT2D eigenvalue weighted by Crippen LogP contribution is 2.31. The van der Waals surface area contributed by atoms with E-state index in [-0.39, 0.29) is 16.7 Å². The fraction of sp³-hybridized carbons (Fsp3) is 0.538. The van der Waals surface area contributed by atoms with Crippen molar-refractivity contribution in [3.8, 4) is 0 Å². The van der Waals surface area contributed by atoms with Gasteiger partial charge in [0, 0.05) is 25.8 Å². The van der Waals surface area contributed by atoms with Crippen molar-refractivity contribution in [1.29, 1.82) is 0 Å². The summed E-state index contributed by atoms with van der Waals surface area (Å²) in [7, 11) is -3.98. The zero-order chi connectivity index (χ0) is 16.3. The van der Waals surface area contributed by atoms with Crippen molar-refractivity contribution in [3.63, 3.8) is 0 Å². The molecular weight excluding hydrogens is 310 g/mol. The maximum atomic E-state index is 11.4. The van der Waals surface area contributed by atoms with E-state index in [1.165, 1.54) is 12.1 Å². The summed E-state index contributed by atoms with van der Waals surface area (Å²) in [5.74, 6) is 0. The fourth-order valence-corrected chi connectivity index (χ4v) is 3.06. The normalized spacial score (nSPS) is 18.4. The molecule has 1 aliphatic rings. The van der Waals surface area contributed by atoms with Crippen molar-refractivity contribution >= 4 is 21.4 Å². The van der Waals surface area contributed by atoms with E-state index in [0.717, 1.165) is 18.9 Å². The molecule has 8 nitrogen and oxygen atoms in total. The van der Waals surface area contributed by atoms with Gasteiger partial charge in [-0.1, -0.05) is 0 Å². The summed E-state index contributed by atoms with van der Waals surface area (Å²) in [6.45, 7) is 3.67. The molecule has 0 bridgehead atoms. The molecule has 0 saturated carbocycles. The number of primary sulfonamides is 1. The van der Waals surface area contributed by atoms with Crippen LogP contribution in [-0.4, -0.2) is 39.1 Å². The number of hydrogen-bond donors (Lipinski definition) is 1. The Hall–Kier alpha value is -1.71. The van der Waals surface area contributed by atoms with Crippen LogP contribution in [0.5, 0.6) is 0 Å². The van der Waals surface area contributed by atoms with Gasteiger partial charge in [0.25, 0.3) is 5.69 Å². The number of hydrogen-bond acceptors (Lipinski definition) is 6. The molecule has 1 saturated heterocycles. The summed E-state index contributed by atoms with van der Waals surface area (Å²) >= 11 is 0. The van der Waals surface area contributed by atoms with Crippen LogP contribution in [0.25, 0.3) is 0 Å².